The van der Waals surface area contributed by atoms with Crippen LogP contribution in [-0.4, -0.2) is 221 Å². The number of phenolic OH excluding ortho intramolecular Hbond substituents is 1. The van der Waals surface area contributed by atoms with Crippen molar-refractivity contribution in [3.05, 3.63) is 77.9 Å². The maximum Gasteiger partial charge on any atom is 0.261 e. The molecule has 0 aliphatic carbocycles. The molecule has 0 radical (unpaired) electrons. The zero-order valence-electron chi connectivity index (χ0n) is 49.8. The number of aliphatic hydroxyl groups is 6. The molecule has 3 fully saturated rings. The minimum absolute atomic E-state index is 0.00161. The lowest BCUT2D eigenvalue weighted by Gasteiger charge is -2.33. The molecule has 496 valence electrons. The molecule has 3 aliphatic heterocycles. The highest BCUT2D eigenvalue weighted by Gasteiger charge is 2.50. The number of rotatable bonds is 24. The first-order valence-electron chi connectivity index (χ1n) is 29.2. The lowest BCUT2D eigenvalue weighted by atomic mass is 9.98. The predicted molar refractivity (Wildman–Crippen MR) is 321 cm³/mol. The molecule has 3 aromatic carbocycles. The number of aliphatic hydroxyl groups excluding tert-OH is 6. The summed E-state index contributed by atoms with van der Waals surface area (Å²) in [6.45, 7) is 2.19. The van der Waals surface area contributed by atoms with Crippen LogP contribution < -0.4 is 41.2 Å². The Hall–Kier alpha value is -7.67. The van der Waals surface area contributed by atoms with Gasteiger partial charge in [-0.3, -0.25) is 38.4 Å². The van der Waals surface area contributed by atoms with Crippen LogP contribution in [0.5, 0.6) is 17.2 Å². The number of ether oxygens (including phenoxy) is 2. The van der Waals surface area contributed by atoms with Crippen molar-refractivity contribution in [3.63, 3.8) is 0 Å². The summed E-state index contributed by atoms with van der Waals surface area (Å²) in [5.41, 5.74) is 6.86. The molecule has 3 aliphatic rings. The van der Waals surface area contributed by atoms with Gasteiger partial charge in [0, 0.05) is 75.2 Å². The first-order valence-corrected chi connectivity index (χ1v) is 30.7. The van der Waals surface area contributed by atoms with E-state index in [-0.39, 0.29) is 29.2 Å². The quantitative estimate of drug-likeness (QED) is 0.0168. The van der Waals surface area contributed by atoms with Crippen molar-refractivity contribution < 1.29 is 102 Å². The number of fused-ring (bicyclic) bond motifs is 2. The van der Waals surface area contributed by atoms with Gasteiger partial charge in [-0.15, -0.1) is 10.2 Å². The zero-order valence-corrected chi connectivity index (χ0v) is 51.5. The second kappa shape index (κ2) is 33.6. The number of aromatic hydroxyl groups is 1. The number of aromatic nitrogens is 2. The number of benzene rings is 3. The van der Waals surface area contributed by atoms with Crippen LogP contribution >= 0.6 is 23.7 Å². The van der Waals surface area contributed by atoms with Crippen LogP contribution in [0.2, 0.25) is 0 Å². The number of carbonyl (C=O) groups excluding carboxylic acids is 8. The Labute approximate surface area is 530 Å². The van der Waals surface area contributed by atoms with Crippen molar-refractivity contribution in [1.29, 1.82) is 0 Å². The van der Waals surface area contributed by atoms with E-state index in [0.29, 0.717) is 27.9 Å². The Morgan fingerprint density at radius 1 is 0.758 bits per heavy atom. The summed E-state index contributed by atoms with van der Waals surface area (Å²) in [6, 6.07) is 5.30. The van der Waals surface area contributed by atoms with Crippen molar-refractivity contribution in [2.24, 2.45) is 11.7 Å². The molecule has 8 amide bonds. The second-order valence-corrected chi connectivity index (χ2v) is 23.8. The topological polar surface area (TPSA) is 463 Å². The van der Waals surface area contributed by atoms with Gasteiger partial charge in [-0.25, -0.2) is 5.26 Å². The van der Waals surface area contributed by atoms with Crippen LogP contribution in [0, 0.1) is 5.92 Å². The van der Waals surface area contributed by atoms with E-state index >= 15 is 0 Å². The Morgan fingerprint density at radius 3 is 2.03 bits per heavy atom. The van der Waals surface area contributed by atoms with E-state index in [0.717, 1.165) is 73.1 Å². The zero-order chi connectivity index (χ0) is 66.1. The molecule has 0 bridgehead atoms. The first kappa shape index (κ1) is 70.8. The fraction of sp³-hybridized carbons (Fsp3) is 0.517. The average Bonchev–Trinajstić information content (AvgIpc) is 1.79. The molecule has 7 rings (SSSR count). The molecule has 91 heavy (non-hydrogen) atoms. The van der Waals surface area contributed by atoms with Gasteiger partial charge in [-0.05, 0) is 73.9 Å². The van der Waals surface area contributed by atoms with Gasteiger partial charge in [0.25, 0.3) is 18.2 Å². The van der Waals surface area contributed by atoms with Crippen LogP contribution in [0.4, 0.5) is 0 Å². The Kier molecular flexibility index (Phi) is 26.1. The van der Waals surface area contributed by atoms with Crippen molar-refractivity contribution >= 4 is 70.9 Å². The van der Waals surface area contributed by atoms with E-state index in [2.05, 4.69) is 46.2 Å². The average molecular weight is 1310 g/mol. The molecular formula is C58H76N10O21S2. The van der Waals surface area contributed by atoms with Crippen LogP contribution in [0.3, 0.4) is 0 Å². The van der Waals surface area contributed by atoms with Crippen LogP contribution in [0.1, 0.15) is 81.1 Å². The molecule has 33 heteroatoms. The minimum Gasteiger partial charge on any atom is -0.504 e. The Balaban J connectivity index is 1.15. The largest absolute Gasteiger partial charge is 0.504 e. The van der Waals surface area contributed by atoms with E-state index < -0.39 is 177 Å². The number of carbonyl (C=O) groups is 8. The molecular weight excluding hydrogens is 1240 g/mol. The molecule has 13 unspecified atom stereocenters. The van der Waals surface area contributed by atoms with Crippen molar-refractivity contribution in [1.82, 2.24) is 46.6 Å². The van der Waals surface area contributed by atoms with Crippen molar-refractivity contribution in [2.75, 3.05) is 40.0 Å². The summed E-state index contributed by atoms with van der Waals surface area (Å²) in [5.74, 6) is -10.4. The molecule has 1 aromatic heterocycles. The van der Waals surface area contributed by atoms with Gasteiger partial charge in [0.2, 0.25) is 41.4 Å². The molecule has 15 N–H and O–H groups in total. The number of primary amides is 1. The van der Waals surface area contributed by atoms with Crippen LogP contribution in [0.15, 0.2) is 66.7 Å². The van der Waals surface area contributed by atoms with Gasteiger partial charge in [0.15, 0.2) is 11.5 Å². The fourth-order valence-electron chi connectivity index (χ4n) is 10.6. The van der Waals surface area contributed by atoms with E-state index in [1.165, 1.54) is 36.5 Å². The number of hydrogen-bond acceptors (Lipinski definition) is 25. The number of unbranched alkanes of at least 4 members (excludes halogenated alkanes) is 4. The third kappa shape index (κ3) is 19.2. The summed E-state index contributed by atoms with van der Waals surface area (Å²) >= 11 is 1.34. The highest BCUT2D eigenvalue weighted by atomic mass is 32.2. The monoisotopic (exact) mass is 1310 g/mol. The highest BCUT2D eigenvalue weighted by molar-refractivity contribution is 7.90. The van der Waals surface area contributed by atoms with E-state index in [9.17, 15) is 74.1 Å². The third-order valence-electron chi connectivity index (χ3n) is 15.5. The van der Waals surface area contributed by atoms with Gasteiger partial charge in [0.1, 0.15) is 52.0 Å². The summed E-state index contributed by atoms with van der Waals surface area (Å²) < 4.78 is 20.3. The van der Waals surface area contributed by atoms with E-state index in [4.69, 9.17) is 24.6 Å². The molecule has 13 atom stereocenters. The number of nitrogens with two attached hydrogens (primary N) is 1. The van der Waals surface area contributed by atoms with Crippen molar-refractivity contribution in [2.45, 2.75) is 145 Å². The maximum absolute atomic E-state index is 14.7. The van der Waals surface area contributed by atoms with Gasteiger partial charge in [-0.2, -0.15) is 0 Å². The first-order chi connectivity index (χ1) is 43.5. The highest BCUT2D eigenvalue weighted by Crippen LogP contribution is 2.33. The lowest BCUT2D eigenvalue weighted by molar-refractivity contribution is -0.433. The molecule has 0 spiro atoms. The number of hydrogen-bond donors (Lipinski definition) is 14. The number of amides is 8. The number of nitrogens with zero attached hydrogens (tertiary/aromatic N) is 4. The Bertz CT molecular complexity index is 3150. The van der Waals surface area contributed by atoms with Crippen LogP contribution in [0.25, 0.3) is 21.1 Å². The number of nitrogens with one attached hydrogen (secondary N) is 5. The standard InChI is InChI=1S/C58H76N10O21S2/c1-29-27-68-48(49(29)76)54(81)60-26-35(70)23-38(61-50(77)32-10-12-33(13-11-32)55-65-66-56(90-55)34-14-16-37(17-15-34)86-20-8-6-4-5-7-19-85-3)51(78)62-45(30(2)69)57(82)67-28-36(71)24-39(67)52(79)63-46(53(80)64-47(58(68)83)42(74)25-44(59)75)41(73)21-31-9-18-40(72)43(22-31)87-91-89-88-84/h9-18,22,29-30,35-36,38-39,41-42,45-49,69-74,76,84H,4-8,19-21,23-28H2,1-3H3,(H2,59,75)(H,60,81)(H,61,77)(H,62,78)(H,63,79)(H,64,80). The second-order valence-electron chi connectivity index (χ2n) is 22.4. The predicted octanol–water partition coefficient (Wildman–Crippen LogP) is -1.26. The van der Waals surface area contributed by atoms with Gasteiger partial charge in [-0.1, -0.05) is 65.1 Å². The lowest BCUT2D eigenvalue weighted by Crippen LogP contribution is -2.64. The van der Waals surface area contributed by atoms with Gasteiger partial charge < -0.3 is 91.5 Å². The molecule has 4 heterocycles. The maximum atomic E-state index is 14.7. The number of β-amino-alcohol motifs (C(OH)–C–C–N with tert-alkyl or cyclic N) is 1. The van der Waals surface area contributed by atoms with Gasteiger partial charge in [0.05, 0.1) is 49.7 Å². The Morgan fingerprint density at radius 2 is 1.38 bits per heavy atom. The summed E-state index contributed by atoms with van der Waals surface area (Å²) in [4.78, 5) is 115. The number of phenols is 1. The smallest absolute Gasteiger partial charge is 0.261 e. The third-order valence-corrected chi connectivity index (χ3v) is 16.9. The van der Waals surface area contributed by atoms with Gasteiger partial charge >= 0.3 is 0 Å². The van der Waals surface area contributed by atoms with Crippen molar-refractivity contribution in [3.8, 4) is 38.4 Å². The molecule has 31 nitrogen and oxygen atoms in total. The fourth-order valence-corrected chi connectivity index (χ4v) is 11.8. The van der Waals surface area contributed by atoms with E-state index in [1.54, 1.807) is 19.2 Å². The van der Waals surface area contributed by atoms with E-state index in [1.807, 2.05) is 24.3 Å². The minimum atomic E-state index is -2.22. The SMILES string of the molecule is COCCCCCCCOc1ccc(-c2nnc(-c3ccc(C(=O)NC4CC(O)CNC(=O)C5C(O)C(C)CN5C(=O)C(C(O)CC(N)=O)NC(=O)C(C(O)Cc5ccc(O)c(OSOOO)c5)NC(=O)C5CC(O)CN5C(=O)C(C(C)O)NC4=O)cc3)s2)cc1. The number of methoxy groups -OCH3 is 1. The summed E-state index contributed by atoms with van der Waals surface area (Å²) in [7, 11) is 1.69. The summed E-state index contributed by atoms with van der Waals surface area (Å²) in [5, 5.41) is 112. The van der Waals surface area contributed by atoms with Crippen LogP contribution in [-0.2, 0) is 54.1 Å². The summed E-state index contributed by atoms with van der Waals surface area (Å²) in [6.07, 6.45) is -8.43. The normalized spacial score (nSPS) is 24.8. The molecule has 0 saturated carbocycles. The molecule has 3 saturated heterocycles. The molecule has 4 aromatic rings.